The summed E-state index contributed by atoms with van der Waals surface area (Å²) in [5, 5.41) is 3.39. The van der Waals surface area contributed by atoms with E-state index < -0.39 is 5.54 Å². The third kappa shape index (κ3) is 2.94. The molecule has 2 atom stereocenters. The molecule has 0 spiro atoms. The molecule has 0 radical (unpaired) electrons. The fraction of sp³-hybridized carbons (Fsp3) is 0.917. The highest BCUT2D eigenvalue weighted by atomic mass is 16.5. The standard InChI is InChI=1S/C12H23NO2/c1-4-8-13-12(11(14)15-3)7-5-6-10(2)9-12/h10,13H,4-9H2,1-3H3. The Labute approximate surface area is 92.6 Å². The lowest BCUT2D eigenvalue weighted by molar-refractivity contribution is -0.151. The van der Waals surface area contributed by atoms with E-state index in [0.29, 0.717) is 5.92 Å². The molecular formula is C12H23NO2. The summed E-state index contributed by atoms with van der Waals surface area (Å²) in [5.41, 5.74) is -0.400. The van der Waals surface area contributed by atoms with Gasteiger partial charge < -0.3 is 10.1 Å². The summed E-state index contributed by atoms with van der Waals surface area (Å²) in [6.07, 6.45) is 5.23. The second-order valence-corrected chi connectivity index (χ2v) is 4.70. The van der Waals surface area contributed by atoms with Crippen LogP contribution >= 0.6 is 0 Å². The number of carbonyl (C=O) groups excluding carboxylic acids is 1. The Morgan fingerprint density at radius 1 is 1.60 bits per heavy atom. The Bertz CT molecular complexity index is 218. The molecule has 0 heterocycles. The van der Waals surface area contributed by atoms with E-state index in [2.05, 4.69) is 19.2 Å². The van der Waals surface area contributed by atoms with Crippen molar-refractivity contribution in [2.45, 2.75) is 51.5 Å². The van der Waals surface area contributed by atoms with Crippen molar-refractivity contribution in [2.75, 3.05) is 13.7 Å². The molecule has 3 heteroatoms. The Morgan fingerprint density at radius 3 is 2.87 bits per heavy atom. The average Bonchev–Trinajstić information content (AvgIpc) is 2.25. The van der Waals surface area contributed by atoms with E-state index in [0.717, 1.165) is 32.2 Å². The van der Waals surface area contributed by atoms with Gasteiger partial charge >= 0.3 is 5.97 Å². The molecule has 0 aromatic heterocycles. The number of nitrogens with one attached hydrogen (secondary N) is 1. The predicted molar refractivity (Wildman–Crippen MR) is 60.7 cm³/mol. The van der Waals surface area contributed by atoms with Gasteiger partial charge in [-0.1, -0.05) is 26.7 Å². The lowest BCUT2D eigenvalue weighted by atomic mass is 9.76. The van der Waals surface area contributed by atoms with Gasteiger partial charge in [0, 0.05) is 0 Å². The van der Waals surface area contributed by atoms with Crippen LogP contribution in [0.25, 0.3) is 0 Å². The molecule has 0 bridgehead atoms. The van der Waals surface area contributed by atoms with Crippen LogP contribution < -0.4 is 5.32 Å². The van der Waals surface area contributed by atoms with Crippen LogP contribution in [-0.4, -0.2) is 25.2 Å². The summed E-state index contributed by atoms with van der Waals surface area (Å²) in [6, 6.07) is 0. The molecular weight excluding hydrogens is 190 g/mol. The number of esters is 1. The summed E-state index contributed by atoms with van der Waals surface area (Å²) in [7, 11) is 1.48. The minimum Gasteiger partial charge on any atom is -0.468 e. The molecule has 0 saturated heterocycles. The van der Waals surface area contributed by atoms with Crippen LogP contribution in [0.2, 0.25) is 0 Å². The maximum absolute atomic E-state index is 11.9. The molecule has 88 valence electrons. The van der Waals surface area contributed by atoms with Gasteiger partial charge in [-0.15, -0.1) is 0 Å². The first kappa shape index (κ1) is 12.5. The second-order valence-electron chi connectivity index (χ2n) is 4.70. The molecule has 1 rings (SSSR count). The van der Waals surface area contributed by atoms with Crippen molar-refractivity contribution in [3.05, 3.63) is 0 Å². The fourth-order valence-electron chi connectivity index (χ4n) is 2.53. The van der Waals surface area contributed by atoms with E-state index in [1.807, 2.05) is 0 Å². The lowest BCUT2D eigenvalue weighted by Crippen LogP contribution is -2.55. The van der Waals surface area contributed by atoms with Crippen molar-refractivity contribution >= 4 is 5.97 Å². The van der Waals surface area contributed by atoms with E-state index in [-0.39, 0.29) is 5.97 Å². The summed E-state index contributed by atoms with van der Waals surface area (Å²) < 4.78 is 4.94. The molecule has 1 N–H and O–H groups in total. The van der Waals surface area contributed by atoms with Gasteiger partial charge in [0.15, 0.2) is 0 Å². The van der Waals surface area contributed by atoms with Crippen molar-refractivity contribution in [3.8, 4) is 0 Å². The molecule has 1 aliphatic rings. The minimum atomic E-state index is -0.400. The number of hydrogen-bond acceptors (Lipinski definition) is 3. The average molecular weight is 213 g/mol. The van der Waals surface area contributed by atoms with Crippen molar-refractivity contribution in [3.63, 3.8) is 0 Å². The summed E-state index contributed by atoms with van der Waals surface area (Å²) in [6.45, 7) is 5.22. The Balaban J connectivity index is 2.70. The third-order valence-electron chi connectivity index (χ3n) is 3.29. The molecule has 15 heavy (non-hydrogen) atoms. The van der Waals surface area contributed by atoms with Gasteiger partial charge in [0.2, 0.25) is 0 Å². The number of carbonyl (C=O) groups is 1. The van der Waals surface area contributed by atoms with E-state index in [1.165, 1.54) is 13.5 Å². The van der Waals surface area contributed by atoms with Crippen LogP contribution in [-0.2, 0) is 9.53 Å². The van der Waals surface area contributed by atoms with Crippen LogP contribution in [0.3, 0.4) is 0 Å². The molecule has 0 aromatic carbocycles. The van der Waals surface area contributed by atoms with Gasteiger partial charge in [-0.2, -0.15) is 0 Å². The van der Waals surface area contributed by atoms with Gasteiger partial charge in [-0.05, 0) is 31.7 Å². The smallest absolute Gasteiger partial charge is 0.326 e. The zero-order chi connectivity index (χ0) is 11.3. The Morgan fingerprint density at radius 2 is 2.33 bits per heavy atom. The molecule has 2 unspecified atom stereocenters. The van der Waals surface area contributed by atoms with E-state index in [1.54, 1.807) is 0 Å². The number of methoxy groups -OCH3 is 1. The predicted octanol–water partition coefficient (Wildman–Crippen LogP) is 2.11. The number of rotatable bonds is 4. The normalized spacial score (nSPS) is 31.3. The zero-order valence-electron chi connectivity index (χ0n) is 10.1. The zero-order valence-corrected chi connectivity index (χ0v) is 10.1. The second kappa shape index (κ2) is 5.50. The maximum atomic E-state index is 11.9. The van der Waals surface area contributed by atoms with Crippen molar-refractivity contribution in [2.24, 2.45) is 5.92 Å². The van der Waals surface area contributed by atoms with Crippen LogP contribution in [0.15, 0.2) is 0 Å². The van der Waals surface area contributed by atoms with Gasteiger partial charge in [0.25, 0.3) is 0 Å². The van der Waals surface area contributed by atoms with Crippen molar-refractivity contribution in [1.82, 2.24) is 5.32 Å². The van der Waals surface area contributed by atoms with Crippen molar-refractivity contribution < 1.29 is 9.53 Å². The van der Waals surface area contributed by atoms with E-state index in [4.69, 9.17) is 4.74 Å². The van der Waals surface area contributed by atoms with E-state index >= 15 is 0 Å². The summed E-state index contributed by atoms with van der Waals surface area (Å²) in [5.74, 6) is 0.532. The first-order valence-corrected chi connectivity index (χ1v) is 5.98. The highest BCUT2D eigenvalue weighted by Crippen LogP contribution is 2.33. The van der Waals surface area contributed by atoms with Crippen LogP contribution in [0.1, 0.15) is 46.0 Å². The SMILES string of the molecule is CCCNC1(C(=O)OC)CCCC(C)C1. The molecule has 0 aromatic rings. The minimum absolute atomic E-state index is 0.0810. The van der Waals surface area contributed by atoms with Crippen LogP contribution in [0.5, 0.6) is 0 Å². The monoisotopic (exact) mass is 213 g/mol. The largest absolute Gasteiger partial charge is 0.468 e. The highest BCUT2D eigenvalue weighted by Gasteiger charge is 2.41. The third-order valence-corrected chi connectivity index (χ3v) is 3.29. The number of ether oxygens (including phenoxy) is 1. The van der Waals surface area contributed by atoms with Crippen LogP contribution in [0, 0.1) is 5.92 Å². The molecule has 0 amide bonds. The summed E-state index contributed by atoms with van der Waals surface area (Å²) >= 11 is 0. The topological polar surface area (TPSA) is 38.3 Å². The molecule has 1 aliphatic carbocycles. The molecule has 1 fully saturated rings. The van der Waals surface area contributed by atoms with Gasteiger partial charge in [-0.3, -0.25) is 4.79 Å². The summed E-state index contributed by atoms with van der Waals surface area (Å²) in [4.78, 5) is 11.9. The molecule has 1 saturated carbocycles. The quantitative estimate of drug-likeness (QED) is 0.727. The number of hydrogen-bond donors (Lipinski definition) is 1. The first-order chi connectivity index (χ1) is 7.14. The van der Waals surface area contributed by atoms with Gasteiger partial charge in [0.05, 0.1) is 7.11 Å². The van der Waals surface area contributed by atoms with Gasteiger partial charge in [-0.25, -0.2) is 0 Å². The molecule has 3 nitrogen and oxygen atoms in total. The van der Waals surface area contributed by atoms with E-state index in [9.17, 15) is 4.79 Å². The highest BCUT2D eigenvalue weighted by molar-refractivity contribution is 5.80. The van der Waals surface area contributed by atoms with Crippen LogP contribution in [0.4, 0.5) is 0 Å². The molecule has 0 aliphatic heterocycles. The van der Waals surface area contributed by atoms with Crippen molar-refractivity contribution in [1.29, 1.82) is 0 Å². The fourth-order valence-corrected chi connectivity index (χ4v) is 2.53. The Kier molecular flexibility index (Phi) is 4.58. The van der Waals surface area contributed by atoms with Gasteiger partial charge in [0.1, 0.15) is 5.54 Å². The lowest BCUT2D eigenvalue weighted by Gasteiger charge is -2.38. The first-order valence-electron chi connectivity index (χ1n) is 5.98. The maximum Gasteiger partial charge on any atom is 0.326 e. The Hall–Kier alpha value is -0.570.